The number of carbonyl (C=O) groups excluding carboxylic acids is 3. The van der Waals surface area contributed by atoms with Crippen molar-refractivity contribution in [2.45, 2.75) is 33.1 Å². The Labute approximate surface area is 229 Å². The molecule has 2 aromatic carbocycles. The van der Waals surface area contributed by atoms with Crippen LogP contribution in [0.5, 0.6) is 0 Å². The molecule has 38 heavy (non-hydrogen) atoms. The van der Waals surface area contributed by atoms with Crippen LogP contribution in [-0.2, 0) is 22.4 Å². The molecule has 1 heterocycles. The van der Waals surface area contributed by atoms with Gasteiger partial charge in [0, 0.05) is 22.2 Å². The number of nitro benzene ring substituents is 1. The smallest absolute Gasteiger partial charge is 0.269 e. The maximum absolute atomic E-state index is 14.0. The number of nitro groups is 1. The number of amides is 3. The number of imide groups is 1. The molecule has 3 fully saturated rings. The van der Waals surface area contributed by atoms with E-state index in [0.717, 1.165) is 22.0 Å². The Morgan fingerprint density at radius 1 is 1.00 bits per heavy atom. The van der Waals surface area contributed by atoms with Gasteiger partial charge in [-0.1, -0.05) is 41.9 Å². The molecule has 6 atom stereocenters. The number of likely N-dealkylation sites (tertiary alicyclic amines) is 1. The van der Waals surface area contributed by atoms with E-state index in [4.69, 9.17) is 0 Å². The summed E-state index contributed by atoms with van der Waals surface area (Å²) < 4.78 is 0.888. The van der Waals surface area contributed by atoms with Crippen LogP contribution in [0, 0.1) is 45.6 Å². The molecular formula is C29H28BrN3O5. The molecule has 5 aliphatic rings. The molecular weight excluding hydrogens is 550 g/mol. The zero-order chi connectivity index (χ0) is 26.9. The second-order valence-corrected chi connectivity index (χ2v) is 11.6. The minimum Gasteiger partial charge on any atom is -0.289 e. The highest BCUT2D eigenvalue weighted by Crippen LogP contribution is 2.65. The van der Waals surface area contributed by atoms with Crippen molar-refractivity contribution in [2.75, 3.05) is 11.6 Å². The lowest BCUT2D eigenvalue weighted by Gasteiger charge is -2.37. The Kier molecular flexibility index (Phi) is 6.01. The number of non-ortho nitro benzene ring substituents is 1. The van der Waals surface area contributed by atoms with Crippen LogP contribution in [0.1, 0.15) is 41.8 Å². The van der Waals surface area contributed by atoms with Crippen molar-refractivity contribution < 1.29 is 19.3 Å². The second-order valence-electron chi connectivity index (χ2n) is 10.7. The van der Waals surface area contributed by atoms with Crippen LogP contribution >= 0.6 is 15.9 Å². The average Bonchev–Trinajstić information content (AvgIpc) is 3.71. The topological polar surface area (TPSA) is 101 Å². The van der Waals surface area contributed by atoms with E-state index in [1.165, 1.54) is 34.1 Å². The first-order valence-electron chi connectivity index (χ1n) is 13.2. The van der Waals surface area contributed by atoms with Gasteiger partial charge in [-0.25, -0.2) is 0 Å². The summed E-state index contributed by atoms with van der Waals surface area (Å²) in [6, 6.07) is 9.35. The van der Waals surface area contributed by atoms with E-state index in [9.17, 15) is 24.5 Å². The predicted molar refractivity (Wildman–Crippen MR) is 144 cm³/mol. The number of allylic oxidation sites excluding steroid dienone is 2. The Balaban J connectivity index is 1.41. The van der Waals surface area contributed by atoms with Gasteiger partial charge in [-0.2, -0.15) is 0 Å². The van der Waals surface area contributed by atoms with Gasteiger partial charge in [0.15, 0.2) is 0 Å². The van der Waals surface area contributed by atoms with E-state index in [2.05, 4.69) is 28.1 Å². The van der Waals surface area contributed by atoms with Gasteiger partial charge >= 0.3 is 0 Å². The van der Waals surface area contributed by atoms with Crippen molar-refractivity contribution >= 4 is 45.0 Å². The Morgan fingerprint density at radius 3 is 2.00 bits per heavy atom. The summed E-state index contributed by atoms with van der Waals surface area (Å²) in [5.41, 5.74) is 2.63. The maximum atomic E-state index is 14.0. The van der Waals surface area contributed by atoms with Crippen molar-refractivity contribution in [3.63, 3.8) is 0 Å². The first-order valence-corrected chi connectivity index (χ1v) is 14.0. The summed E-state index contributed by atoms with van der Waals surface area (Å²) in [5.74, 6) is -0.320. The van der Waals surface area contributed by atoms with Gasteiger partial charge in [0.2, 0.25) is 11.8 Å². The Bertz CT molecular complexity index is 1340. The van der Waals surface area contributed by atoms with Crippen molar-refractivity contribution in [2.24, 2.45) is 35.5 Å². The maximum Gasteiger partial charge on any atom is 0.269 e. The van der Waals surface area contributed by atoms with Gasteiger partial charge in [0.25, 0.3) is 11.6 Å². The van der Waals surface area contributed by atoms with E-state index in [1.54, 1.807) is 0 Å². The standard InChI is InChI=1S/C29H28BrN3O5/c1-3-15-11-18(30)12-16(4-2)26(15)31(27(34)17-5-7-19(8-6-17)33(37)38)14-32-28(35)24-20-9-10-21(23-13-22(20)23)25(24)29(32)36/h5-12,20-25H,3-4,13-14H2,1-2H3. The second kappa shape index (κ2) is 9.15. The molecule has 2 aromatic rings. The van der Waals surface area contributed by atoms with Gasteiger partial charge in [-0.05, 0) is 78.3 Å². The molecule has 9 heteroatoms. The molecule has 4 aliphatic carbocycles. The van der Waals surface area contributed by atoms with Crippen LogP contribution in [0.4, 0.5) is 11.4 Å². The SMILES string of the molecule is CCc1cc(Br)cc(CC)c1N(CN1C(=O)C2C3C=CC(C4CC34)C2C1=O)C(=O)c1ccc([N+](=O)[O-])cc1. The van der Waals surface area contributed by atoms with Crippen LogP contribution in [0.15, 0.2) is 53.0 Å². The number of carbonyl (C=O) groups is 3. The lowest BCUT2D eigenvalue weighted by Crippen LogP contribution is -2.46. The number of hydrogen-bond acceptors (Lipinski definition) is 5. The lowest BCUT2D eigenvalue weighted by molar-refractivity contribution is -0.384. The summed E-state index contributed by atoms with van der Waals surface area (Å²) >= 11 is 3.57. The van der Waals surface area contributed by atoms with Gasteiger partial charge in [-0.3, -0.25) is 34.3 Å². The van der Waals surface area contributed by atoms with Crippen LogP contribution in [-0.4, -0.2) is 34.2 Å². The summed E-state index contributed by atoms with van der Waals surface area (Å²) in [7, 11) is 0. The monoisotopic (exact) mass is 577 g/mol. The summed E-state index contributed by atoms with van der Waals surface area (Å²) in [5, 5.41) is 11.2. The molecule has 6 unspecified atom stereocenters. The van der Waals surface area contributed by atoms with Crippen molar-refractivity contribution in [1.29, 1.82) is 0 Å². The van der Waals surface area contributed by atoms with E-state index in [0.29, 0.717) is 30.4 Å². The van der Waals surface area contributed by atoms with Gasteiger partial charge < -0.3 is 0 Å². The minimum atomic E-state index is -0.513. The molecule has 3 amide bonds. The first-order chi connectivity index (χ1) is 18.2. The largest absolute Gasteiger partial charge is 0.289 e. The predicted octanol–water partition coefficient (Wildman–Crippen LogP) is 5.14. The molecule has 0 radical (unpaired) electrons. The number of rotatable bonds is 7. The minimum absolute atomic E-state index is 0.0976. The van der Waals surface area contributed by atoms with Gasteiger partial charge in [-0.15, -0.1) is 0 Å². The summed E-state index contributed by atoms with van der Waals surface area (Å²) in [6.07, 6.45) is 6.62. The lowest BCUT2D eigenvalue weighted by atomic mass is 9.63. The van der Waals surface area contributed by atoms with Gasteiger partial charge in [0.1, 0.15) is 6.67 Å². The van der Waals surface area contributed by atoms with Gasteiger partial charge in [0.05, 0.1) is 22.4 Å². The third kappa shape index (κ3) is 3.73. The molecule has 0 N–H and O–H groups in total. The average molecular weight is 578 g/mol. The third-order valence-electron chi connectivity index (χ3n) is 8.87. The Morgan fingerprint density at radius 2 is 1.53 bits per heavy atom. The number of hydrogen-bond donors (Lipinski definition) is 0. The van der Waals surface area contributed by atoms with Crippen LogP contribution in [0.3, 0.4) is 0 Å². The Hall–Kier alpha value is -3.33. The molecule has 2 saturated carbocycles. The fourth-order valence-corrected chi connectivity index (χ4v) is 7.57. The molecule has 1 aliphatic heterocycles. The molecule has 196 valence electrons. The molecule has 0 aromatic heterocycles. The van der Waals surface area contributed by atoms with E-state index in [1.807, 2.05) is 26.0 Å². The number of anilines is 1. The molecule has 0 spiro atoms. The highest BCUT2D eigenvalue weighted by molar-refractivity contribution is 9.10. The highest BCUT2D eigenvalue weighted by atomic mass is 79.9. The first kappa shape index (κ1) is 25.0. The number of nitrogens with zero attached hydrogens (tertiary/aromatic N) is 3. The normalized spacial score (nSPS) is 28.3. The summed E-state index contributed by atoms with van der Waals surface area (Å²) in [6.45, 7) is 3.81. The highest BCUT2D eigenvalue weighted by Gasteiger charge is 2.67. The number of benzene rings is 2. The van der Waals surface area contributed by atoms with Crippen molar-refractivity contribution in [3.05, 3.63) is 79.8 Å². The number of aryl methyl sites for hydroxylation is 2. The third-order valence-corrected chi connectivity index (χ3v) is 9.33. The van der Waals surface area contributed by atoms with Crippen LogP contribution in [0.25, 0.3) is 0 Å². The van der Waals surface area contributed by atoms with Crippen LogP contribution < -0.4 is 4.90 Å². The molecule has 8 nitrogen and oxygen atoms in total. The van der Waals surface area contributed by atoms with Crippen molar-refractivity contribution in [1.82, 2.24) is 4.90 Å². The van der Waals surface area contributed by atoms with E-state index < -0.39 is 10.8 Å². The zero-order valence-electron chi connectivity index (χ0n) is 21.2. The van der Waals surface area contributed by atoms with Crippen LogP contribution in [0.2, 0.25) is 0 Å². The quantitative estimate of drug-likeness (QED) is 0.196. The molecule has 7 rings (SSSR count). The fraction of sp³-hybridized carbons (Fsp3) is 0.414. The molecule has 2 bridgehead atoms. The zero-order valence-corrected chi connectivity index (χ0v) is 22.8. The number of halogens is 1. The molecule has 1 saturated heterocycles. The summed E-state index contributed by atoms with van der Waals surface area (Å²) in [4.78, 5) is 55.0. The fourth-order valence-electron chi connectivity index (χ4n) is 7.02. The van der Waals surface area contributed by atoms with E-state index >= 15 is 0 Å². The van der Waals surface area contributed by atoms with Crippen molar-refractivity contribution in [3.8, 4) is 0 Å². The van der Waals surface area contributed by atoms with E-state index in [-0.39, 0.29) is 53.4 Å².